The summed E-state index contributed by atoms with van der Waals surface area (Å²) in [4.78, 5) is 11.7. The largest absolute Gasteiger partial charge is 0.355 e. The Morgan fingerprint density at radius 3 is 2.78 bits per heavy atom. The molecule has 0 aromatic heterocycles. The van der Waals surface area contributed by atoms with Crippen molar-refractivity contribution in [2.24, 2.45) is 5.73 Å². The van der Waals surface area contributed by atoms with Crippen molar-refractivity contribution in [2.45, 2.75) is 25.3 Å². The molecule has 18 heavy (non-hydrogen) atoms. The summed E-state index contributed by atoms with van der Waals surface area (Å²) < 4.78 is 0. The molecule has 0 unspecified atom stereocenters. The fraction of sp³-hybridized carbons (Fsp3) is 0.500. The molecule has 1 aromatic carbocycles. The number of amides is 1. The third kappa shape index (κ3) is 6.07. The zero-order valence-corrected chi connectivity index (χ0v) is 11.7. The van der Waals surface area contributed by atoms with Gasteiger partial charge >= 0.3 is 0 Å². The molecule has 0 radical (unpaired) electrons. The monoisotopic (exact) mass is 266 g/mol. The third-order valence-corrected chi connectivity index (χ3v) is 3.45. The van der Waals surface area contributed by atoms with E-state index in [9.17, 15) is 4.79 Å². The van der Waals surface area contributed by atoms with Crippen LogP contribution in [0.1, 0.15) is 18.4 Å². The van der Waals surface area contributed by atoms with E-state index in [0.29, 0.717) is 6.42 Å². The zero-order chi connectivity index (χ0) is 13.2. The van der Waals surface area contributed by atoms with Crippen molar-refractivity contribution < 1.29 is 4.79 Å². The second kappa shape index (κ2) is 9.00. The second-order valence-corrected chi connectivity index (χ2v) is 5.25. The quantitative estimate of drug-likeness (QED) is 0.706. The summed E-state index contributed by atoms with van der Waals surface area (Å²) in [5.74, 6) is 1.03. The number of carbonyl (C=O) groups is 1. The first kappa shape index (κ1) is 15.1. The van der Waals surface area contributed by atoms with E-state index in [-0.39, 0.29) is 5.91 Å². The lowest BCUT2D eigenvalue weighted by Gasteiger charge is -2.12. The summed E-state index contributed by atoms with van der Waals surface area (Å²) in [7, 11) is 0. The Labute approximate surface area is 114 Å². The summed E-state index contributed by atoms with van der Waals surface area (Å²) in [5.41, 5.74) is 7.09. The summed E-state index contributed by atoms with van der Waals surface area (Å²) in [6, 6.07) is 9.71. The third-order valence-electron chi connectivity index (χ3n) is 2.75. The van der Waals surface area contributed by atoms with Crippen molar-refractivity contribution in [3.63, 3.8) is 0 Å². The lowest BCUT2D eigenvalue weighted by atomic mass is 10.1. The molecule has 1 aromatic rings. The molecule has 0 heterocycles. The first-order valence-corrected chi connectivity index (χ1v) is 7.69. The molecule has 0 saturated heterocycles. The molecule has 4 heteroatoms. The van der Waals surface area contributed by atoms with Crippen molar-refractivity contribution in [3.8, 4) is 0 Å². The fourth-order valence-electron chi connectivity index (χ4n) is 1.66. The highest BCUT2D eigenvalue weighted by Gasteiger charge is 2.12. The van der Waals surface area contributed by atoms with Gasteiger partial charge in [0, 0.05) is 6.54 Å². The van der Waals surface area contributed by atoms with Crippen molar-refractivity contribution in [1.29, 1.82) is 0 Å². The topological polar surface area (TPSA) is 55.1 Å². The molecule has 1 amide bonds. The van der Waals surface area contributed by atoms with Crippen LogP contribution in [0.4, 0.5) is 0 Å². The Morgan fingerprint density at radius 2 is 2.11 bits per heavy atom. The van der Waals surface area contributed by atoms with Crippen LogP contribution in [0.25, 0.3) is 0 Å². The van der Waals surface area contributed by atoms with Crippen LogP contribution in [0.5, 0.6) is 0 Å². The maximum atomic E-state index is 11.7. The maximum absolute atomic E-state index is 11.7. The van der Waals surface area contributed by atoms with E-state index >= 15 is 0 Å². The molecule has 100 valence electrons. The first-order valence-electron chi connectivity index (χ1n) is 6.30. The summed E-state index contributed by atoms with van der Waals surface area (Å²) >= 11 is 1.79. The average molecular weight is 266 g/mol. The lowest BCUT2D eigenvalue weighted by molar-refractivity contribution is -0.122. The molecule has 0 bridgehead atoms. The number of nitrogens with two attached hydrogens (primary N) is 1. The minimum atomic E-state index is -0.403. The van der Waals surface area contributed by atoms with E-state index in [0.717, 1.165) is 25.1 Å². The Bertz CT molecular complexity index is 343. The molecular formula is C14H22N2OS. The van der Waals surface area contributed by atoms with Crippen LogP contribution in [0.15, 0.2) is 30.3 Å². The van der Waals surface area contributed by atoms with E-state index in [1.165, 1.54) is 5.56 Å². The molecule has 0 fully saturated rings. The Balaban J connectivity index is 2.19. The molecule has 0 aliphatic heterocycles. The predicted octanol–water partition coefficient (Wildman–Crippen LogP) is 1.82. The predicted molar refractivity (Wildman–Crippen MR) is 78.7 cm³/mol. The smallest absolute Gasteiger partial charge is 0.236 e. The van der Waals surface area contributed by atoms with Gasteiger partial charge in [-0.2, -0.15) is 11.8 Å². The zero-order valence-electron chi connectivity index (χ0n) is 10.9. The number of hydrogen-bond acceptors (Lipinski definition) is 3. The minimum Gasteiger partial charge on any atom is -0.355 e. The Hall–Kier alpha value is -1.00. The van der Waals surface area contributed by atoms with Crippen LogP contribution in [0, 0.1) is 0 Å². The molecule has 0 saturated carbocycles. The van der Waals surface area contributed by atoms with Gasteiger partial charge in [-0.1, -0.05) is 30.3 Å². The number of thioether (sulfide) groups is 1. The highest BCUT2D eigenvalue weighted by molar-refractivity contribution is 7.98. The van der Waals surface area contributed by atoms with Gasteiger partial charge in [-0.05, 0) is 36.8 Å². The van der Waals surface area contributed by atoms with Gasteiger partial charge in [0.2, 0.25) is 5.91 Å². The second-order valence-electron chi connectivity index (χ2n) is 4.27. The number of nitrogens with one attached hydrogen (secondary N) is 1. The Morgan fingerprint density at radius 1 is 1.39 bits per heavy atom. The van der Waals surface area contributed by atoms with Crippen LogP contribution < -0.4 is 11.1 Å². The normalized spacial score (nSPS) is 12.1. The van der Waals surface area contributed by atoms with Crippen LogP contribution in [0.3, 0.4) is 0 Å². The molecule has 0 spiro atoms. The van der Waals surface area contributed by atoms with E-state index in [1.807, 2.05) is 18.2 Å². The fourth-order valence-corrected chi connectivity index (χ4v) is 2.09. The van der Waals surface area contributed by atoms with Crippen molar-refractivity contribution >= 4 is 17.7 Å². The van der Waals surface area contributed by atoms with Crippen LogP contribution in [-0.4, -0.2) is 30.5 Å². The van der Waals surface area contributed by atoms with Crippen molar-refractivity contribution in [2.75, 3.05) is 18.6 Å². The van der Waals surface area contributed by atoms with Gasteiger partial charge in [0.05, 0.1) is 6.04 Å². The Kier molecular flexibility index (Phi) is 7.53. The van der Waals surface area contributed by atoms with E-state index in [1.54, 1.807) is 11.8 Å². The van der Waals surface area contributed by atoms with Gasteiger partial charge in [-0.3, -0.25) is 4.79 Å². The first-order chi connectivity index (χ1) is 8.74. The molecular weight excluding hydrogens is 244 g/mol. The van der Waals surface area contributed by atoms with Gasteiger partial charge in [0.1, 0.15) is 0 Å². The summed E-state index contributed by atoms with van der Waals surface area (Å²) in [6.45, 7) is 0.721. The van der Waals surface area contributed by atoms with Crippen molar-refractivity contribution in [1.82, 2.24) is 5.32 Å². The van der Waals surface area contributed by atoms with E-state index in [4.69, 9.17) is 5.73 Å². The molecule has 0 aliphatic carbocycles. The van der Waals surface area contributed by atoms with Gasteiger partial charge in [-0.15, -0.1) is 0 Å². The standard InChI is InChI=1S/C14H22N2OS/c1-18-11-5-10-16-14(17)13(15)9-8-12-6-3-2-4-7-12/h2-4,6-7,13H,5,8-11,15H2,1H3,(H,16,17)/t13-/m0/s1. The lowest BCUT2D eigenvalue weighted by Crippen LogP contribution is -2.41. The maximum Gasteiger partial charge on any atom is 0.236 e. The number of rotatable bonds is 8. The average Bonchev–Trinajstić information content (AvgIpc) is 2.42. The van der Waals surface area contributed by atoms with Gasteiger partial charge in [0.15, 0.2) is 0 Å². The summed E-state index contributed by atoms with van der Waals surface area (Å²) in [5, 5.41) is 2.88. The SMILES string of the molecule is CSCCCNC(=O)[C@@H](N)CCc1ccccc1. The van der Waals surface area contributed by atoms with Gasteiger partial charge in [0.25, 0.3) is 0 Å². The number of hydrogen-bond donors (Lipinski definition) is 2. The number of aryl methyl sites for hydroxylation is 1. The molecule has 3 N–H and O–H groups in total. The number of benzene rings is 1. The molecule has 0 aliphatic rings. The minimum absolute atomic E-state index is 0.0352. The van der Waals surface area contributed by atoms with Crippen LogP contribution in [0.2, 0.25) is 0 Å². The van der Waals surface area contributed by atoms with E-state index in [2.05, 4.69) is 23.7 Å². The summed E-state index contributed by atoms with van der Waals surface area (Å²) in [6.07, 6.45) is 4.60. The highest BCUT2D eigenvalue weighted by Crippen LogP contribution is 2.04. The highest BCUT2D eigenvalue weighted by atomic mass is 32.2. The van der Waals surface area contributed by atoms with Crippen LogP contribution in [-0.2, 0) is 11.2 Å². The molecule has 3 nitrogen and oxygen atoms in total. The van der Waals surface area contributed by atoms with Crippen LogP contribution >= 0.6 is 11.8 Å². The number of carbonyl (C=O) groups excluding carboxylic acids is 1. The van der Waals surface area contributed by atoms with Crippen molar-refractivity contribution in [3.05, 3.63) is 35.9 Å². The van der Waals surface area contributed by atoms with Gasteiger partial charge in [-0.25, -0.2) is 0 Å². The van der Waals surface area contributed by atoms with Gasteiger partial charge < -0.3 is 11.1 Å². The molecule has 1 rings (SSSR count). The van der Waals surface area contributed by atoms with E-state index < -0.39 is 6.04 Å². The molecule has 1 atom stereocenters.